The van der Waals surface area contributed by atoms with Gasteiger partial charge in [0.15, 0.2) is 11.6 Å². The molecule has 0 radical (unpaired) electrons. The Bertz CT molecular complexity index is 1760. The first kappa shape index (κ1) is 43.9. The second-order valence-electron chi connectivity index (χ2n) is 15.5. The van der Waals surface area contributed by atoms with Crippen molar-refractivity contribution in [2.45, 2.75) is 109 Å². The number of esters is 2. The maximum Gasteiger partial charge on any atom is 0.338 e. The number of ether oxygens (including phenoxy) is 4. The normalized spacial score (nSPS) is 30.6. The highest BCUT2D eigenvalue weighted by atomic mass is 16.6. The maximum absolute atomic E-state index is 14.3. The number of fused-ring (bicyclic) bond motifs is 1. The number of hydrogen-bond acceptors (Lipinski definition) is 10. The Labute approximate surface area is 329 Å². The van der Waals surface area contributed by atoms with Crippen molar-refractivity contribution in [3.8, 4) is 0 Å². The molecule has 3 N–H and O–H groups in total. The molecular formula is C43H57N3O10. The molecule has 56 heavy (non-hydrogen) atoms. The van der Waals surface area contributed by atoms with Gasteiger partial charge >= 0.3 is 11.9 Å². The third kappa shape index (κ3) is 10.7. The van der Waals surface area contributed by atoms with Gasteiger partial charge in [0, 0.05) is 26.5 Å². The molecule has 2 aromatic carbocycles. The number of methoxy groups -OCH3 is 1. The number of nitrogens with one attached hydrogen (secondary N) is 2. The number of carbonyl (C=O) groups excluding carboxylic acids is 5. The molecule has 2 aliphatic heterocycles. The number of allylic oxidation sites excluding steroid dienone is 2. The van der Waals surface area contributed by atoms with Gasteiger partial charge in [0.25, 0.3) is 5.91 Å². The molecule has 0 spiro atoms. The smallest absolute Gasteiger partial charge is 0.338 e. The van der Waals surface area contributed by atoms with E-state index in [2.05, 4.69) is 10.6 Å². The van der Waals surface area contributed by atoms with Gasteiger partial charge in [-0.1, -0.05) is 94.0 Å². The first-order valence-electron chi connectivity index (χ1n) is 19.1. The molecule has 304 valence electrons. The molecule has 1 saturated heterocycles. The van der Waals surface area contributed by atoms with Crippen molar-refractivity contribution in [2.75, 3.05) is 20.8 Å². The van der Waals surface area contributed by atoms with Gasteiger partial charge < -0.3 is 39.6 Å². The summed E-state index contributed by atoms with van der Waals surface area (Å²) in [5.41, 5.74) is -1.32. The molecule has 0 saturated carbocycles. The third-order valence-corrected chi connectivity index (χ3v) is 10.7. The molecule has 1 fully saturated rings. The lowest BCUT2D eigenvalue weighted by Gasteiger charge is -2.34. The monoisotopic (exact) mass is 775 g/mol. The van der Waals surface area contributed by atoms with E-state index in [1.165, 1.54) is 37.9 Å². The number of hydrogen-bond donors (Lipinski definition) is 3. The molecule has 4 rings (SSSR count). The Morgan fingerprint density at radius 2 is 1.66 bits per heavy atom. The molecule has 0 unspecified atom stereocenters. The molecule has 0 bridgehead atoms. The van der Waals surface area contributed by atoms with Gasteiger partial charge in [-0.15, -0.1) is 0 Å². The van der Waals surface area contributed by atoms with Crippen molar-refractivity contribution in [2.24, 2.45) is 11.8 Å². The minimum atomic E-state index is -1.85. The molecule has 13 nitrogen and oxygen atoms in total. The van der Waals surface area contributed by atoms with E-state index < -0.39 is 83.9 Å². The lowest BCUT2D eigenvalue weighted by Crippen LogP contribution is -2.62. The number of aliphatic hydroxyl groups is 1. The van der Waals surface area contributed by atoms with Crippen LogP contribution in [-0.2, 0) is 38.1 Å². The van der Waals surface area contributed by atoms with Crippen LogP contribution in [0.15, 0.2) is 84.5 Å². The van der Waals surface area contributed by atoms with E-state index in [1.54, 1.807) is 39.2 Å². The first-order chi connectivity index (χ1) is 26.4. The number of carbonyl (C=O) groups is 5. The van der Waals surface area contributed by atoms with Gasteiger partial charge in [0.05, 0.1) is 23.4 Å². The lowest BCUT2D eigenvalue weighted by molar-refractivity contribution is -0.162. The molecule has 0 aliphatic carbocycles. The minimum absolute atomic E-state index is 0.214. The zero-order valence-corrected chi connectivity index (χ0v) is 33.8. The van der Waals surface area contributed by atoms with Crippen molar-refractivity contribution in [3.05, 3.63) is 95.6 Å². The average Bonchev–Trinajstić information content (AvgIpc) is 3.84. The van der Waals surface area contributed by atoms with Crippen LogP contribution in [0.4, 0.5) is 0 Å². The van der Waals surface area contributed by atoms with Crippen molar-refractivity contribution in [3.63, 3.8) is 0 Å². The van der Waals surface area contributed by atoms with Gasteiger partial charge in [0.2, 0.25) is 11.8 Å². The fourth-order valence-corrected chi connectivity index (χ4v) is 6.83. The standard InChI is InChI=1S/C43H57N3O10/c1-10-26(2)34-38(48)44-31(25-54-39(49)30-22-15-12-16-23-30)37(47)45-36(42(5,6)52)40(50)55-35(29-20-13-11-14-21-29)28(4)19-17-18-27(3)32(53-9)24-33-43(7,56-33)41(51)46(34)8/h11-23,26,28,31-36,52H,10,24-25H2,1-9H3,(H,44,48)(H,45,47)/b19-17+,27-18+/t26-,28+,31+,32+,33-,34-,35-,36+,43+/m0/s1. The lowest BCUT2D eigenvalue weighted by atomic mass is 9.93. The topological polar surface area (TPSA) is 173 Å². The number of benzene rings is 2. The summed E-state index contributed by atoms with van der Waals surface area (Å²) in [6, 6.07) is 12.9. The maximum atomic E-state index is 14.3. The van der Waals surface area contributed by atoms with E-state index in [0.29, 0.717) is 18.4 Å². The number of epoxide rings is 1. The predicted molar refractivity (Wildman–Crippen MR) is 209 cm³/mol. The van der Waals surface area contributed by atoms with E-state index >= 15 is 0 Å². The summed E-state index contributed by atoms with van der Waals surface area (Å²) in [6.45, 7) is 11.2. The van der Waals surface area contributed by atoms with Crippen molar-refractivity contribution in [1.82, 2.24) is 15.5 Å². The number of likely N-dealkylation sites (N-methyl/N-ethyl adjacent to an activating group) is 1. The van der Waals surface area contributed by atoms with E-state index in [4.69, 9.17) is 18.9 Å². The Balaban J connectivity index is 1.78. The van der Waals surface area contributed by atoms with Crippen LogP contribution in [0.1, 0.15) is 83.3 Å². The molecule has 2 heterocycles. The minimum Gasteiger partial charge on any atom is -0.459 e. The molecule has 13 heteroatoms. The van der Waals surface area contributed by atoms with Crippen LogP contribution in [0, 0.1) is 11.8 Å². The predicted octanol–water partition coefficient (Wildman–Crippen LogP) is 4.46. The average molecular weight is 776 g/mol. The highest BCUT2D eigenvalue weighted by Crippen LogP contribution is 2.42. The van der Waals surface area contributed by atoms with Gasteiger partial charge in [0.1, 0.15) is 24.8 Å². The summed E-state index contributed by atoms with van der Waals surface area (Å²) in [6.07, 6.45) is 4.74. The third-order valence-electron chi connectivity index (χ3n) is 10.7. The summed E-state index contributed by atoms with van der Waals surface area (Å²) >= 11 is 0. The zero-order chi connectivity index (χ0) is 41.4. The Morgan fingerprint density at radius 1 is 1.04 bits per heavy atom. The van der Waals surface area contributed by atoms with Crippen molar-refractivity contribution < 1.29 is 48.0 Å². The summed E-state index contributed by atoms with van der Waals surface area (Å²) in [4.78, 5) is 70.9. The van der Waals surface area contributed by atoms with E-state index in [9.17, 15) is 29.1 Å². The molecule has 2 aromatic rings. The number of rotatable bonds is 8. The van der Waals surface area contributed by atoms with Crippen LogP contribution in [0.3, 0.4) is 0 Å². The van der Waals surface area contributed by atoms with Crippen LogP contribution < -0.4 is 10.6 Å². The molecule has 9 atom stereocenters. The fraction of sp³-hybridized carbons (Fsp3) is 0.512. The molecule has 2 aliphatic rings. The van der Waals surface area contributed by atoms with Gasteiger partial charge in [-0.3, -0.25) is 14.4 Å². The van der Waals surface area contributed by atoms with Crippen molar-refractivity contribution in [1.29, 1.82) is 0 Å². The second-order valence-corrected chi connectivity index (χ2v) is 15.5. The quantitative estimate of drug-likeness (QED) is 0.257. The first-order valence-corrected chi connectivity index (χ1v) is 19.1. The van der Waals surface area contributed by atoms with Crippen LogP contribution in [0.5, 0.6) is 0 Å². The Morgan fingerprint density at radius 3 is 2.25 bits per heavy atom. The highest BCUT2D eigenvalue weighted by molar-refractivity contribution is 5.96. The van der Waals surface area contributed by atoms with E-state index in [-0.39, 0.29) is 17.4 Å². The highest BCUT2D eigenvalue weighted by Gasteiger charge is 2.61. The van der Waals surface area contributed by atoms with Crippen LogP contribution in [-0.4, -0.2) is 102 Å². The number of nitrogens with zero attached hydrogens (tertiary/aromatic N) is 1. The van der Waals surface area contributed by atoms with Gasteiger partial charge in [-0.2, -0.15) is 0 Å². The zero-order valence-electron chi connectivity index (χ0n) is 33.8. The van der Waals surface area contributed by atoms with Crippen molar-refractivity contribution >= 4 is 29.7 Å². The second kappa shape index (κ2) is 18.9. The SMILES string of the molecule is CC[C@H](C)[C@H]1C(=O)N[C@H](COC(=O)c2ccccc2)C(=O)N[C@@H](C(C)(C)O)C(=O)O[C@H](c2ccccc2)[C@H](C)/C=C/C=C(\C)[C@H](OC)C[C@@H]2O[C@@]2(C)C(=O)N1C. The summed E-state index contributed by atoms with van der Waals surface area (Å²) < 4.78 is 23.4. The Kier molecular flexibility index (Phi) is 14.8. The number of cyclic esters (lactones) is 1. The van der Waals surface area contributed by atoms with E-state index in [0.717, 1.165) is 5.57 Å². The largest absolute Gasteiger partial charge is 0.459 e. The van der Waals surface area contributed by atoms with Crippen LogP contribution >= 0.6 is 0 Å². The fourth-order valence-electron chi connectivity index (χ4n) is 6.83. The summed E-state index contributed by atoms with van der Waals surface area (Å²) in [5, 5.41) is 16.5. The summed E-state index contributed by atoms with van der Waals surface area (Å²) in [7, 11) is 3.09. The van der Waals surface area contributed by atoms with Gasteiger partial charge in [-0.05, 0) is 56.9 Å². The van der Waals surface area contributed by atoms with E-state index in [1.807, 2.05) is 69.3 Å². The van der Waals surface area contributed by atoms with Crippen LogP contribution in [0.25, 0.3) is 0 Å². The number of amides is 3. The van der Waals surface area contributed by atoms with Gasteiger partial charge in [-0.25, -0.2) is 9.59 Å². The molecule has 0 aromatic heterocycles. The van der Waals surface area contributed by atoms with Crippen LogP contribution in [0.2, 0.25) is 0 Å². The molecule has 3 amide bonds. The summed E-state index contributed by atoms with van der Waals surface area (Å²) in [5.74, 6) is -4.51. The molecular weight excluding hydrogens is 718 g/mol. The Hall–Kier alpha value is -4.85.